The van der Waals surface area contributed by atoms with Gasteiger partial charge in [-0.25, -0.2) is 4.39 Å². The summed E-state index contributed by atoms with van der Waals surface area (Å²) in [5.74, 6) is 0.294. The predicted octanol–water partition coefficient (Wildman–Crippen LogP) is 4.10. The van der Waals surface area contributed by atoms with E-state index in [1.165, 1.54) is 6.07 Å². The molecule has 3 heteroatoms. The van der Waals surface area contributed by atoms with Crippen LogP contribution in [-0.2, 0) is 12.0 Å². The molecule has 0 saturated carbocycles. The van der Waals surface area contributed by atoms with Gasteiger partial charge in [-0.1, -0.05) is 32.9 Å². The van der Waals surface area contributed by atoms with Crippen LogP contribution in [0.3, 0.4) is 0 Å². The fourth-order valence-electron chi connectivity index (χ4n) is 1.83. The standard InChI is InChI=1S/C16H18FNO/c1-16(2,3)14-8-7-13(10-15(14)17)19-11-12-6-4-5-9-18-12/h4-10H,11H2,1-3H3. The Morgan fingerprint density at radius 2 is 1.95 bits per heavy atom. The van der Waals surface area contributed by atoms with Crippen LogP contribution in [0.25, 0.3) is 0 Å². The van der Waals surface area contributed by atoms with Crippen LogP contribution < -0.4 is 4.74 Å². The summed E-state index contributed by atoms with van der Waals surface area (Å²) < 4.78 is 19.5. The molecule has 100 valence electrons. The maximum Gasteiger partial charge on any atom is 0.130 e. The molecule has 1 aromatic heterocycles. The maximum absolute atomic E-state index is 14.0. The molecular formula is C16H18FNO. The number of hydrogen-bond acceptors (Lipinski definition) is 2. The number of nitrogens with zero attached hydrogens (tertiary/aromatic N) is 1. The van der Waals surface area contributed by atoms with Crippen LogP contribution in [-0.4, -0.2) is 4.98 Å². The Kier molecular flexibility index (Phi) is 3.84. The van der Waals surface area contributed by atoms with E-state index < -0.39 is 0 Å². The molecule has 0 aliphatic carbocycles. The van der Waals surface area contributed by atoms with Gasteiger partial charge in [-0.05, 0) is 29.2 Å². The first kappa shape index (κ1) is 13.5. The second kappa shape index (κ2) is 5.39. The van der Waals surface area contributed by atoms with Crippen molar-refractivity contribution in [2.75, 3.05) is 0 Å². The Morgan fingerprint density at radius 3 is 2.53 bits per heavy atom. The molecule has 0 fully saturated rings. The Balaban J connectivity index is 2.09. The second-order valence-corrected chi connectivity index (χ2v) is 5.50. The highest BCUT2D eigenvalue weighted by Crippen LogP contribution is 2.27. The molecule has 0 aliphatic heterocycles. The number of halogens is 1. The van der Waals surface area contributed by atoms with Crippen molar-refractivity contribution in [3.8, 4) is 5.75 Å². The minimum absolute atomic E-state index is 0.205. The van der Waals surface area contributed by atoms with Gasteiger partial charge in [0.15, 0.2) is 0 Å². The van der Waals surface area contributed by atoms with Crippen molar-refractivity contribution in [1.82, 2.24) is 4.98 Å². The van der Waals surface area contributed by atoms with Gasteiger partial charge in [-0.3, -0.25) is 4.98 Å². The first-order valence-corrected chi connectivity index (χ1v) is 6.29. The van der Waals surface area contributed by atoms with E-state index in [9.17, 15) is 4.39 Å². The number of rotatable bonds is 3. The van der Waals surface area contributed by atoms with E-state index in [0.717, 1.165) is 5.69 Å². The molecule has 0 saturated heterocycles. The number of aromatic nitrogens is 1. The lowest BCUT2D eigenvalue weighted by Gasteiger charge is -2.20. The predicted molar refractivity (Wildman–Crippen MR) is 73.7 cm³/mol. The van der Waals surface area contributed by atoms with Crippen molar-refractivity contribution in [3.05, 3.63) is 59.7 Å². The van der Waals surface area contributed by atoms with Crippen molar-refractivity contribution in [2.45, 2.75) is 32.8 Å². The molecule has 2 aromatic rings. The molecule has 2 nitrogen and oxygen atoms in total. The van der Waals surface area contributed by atoms with Crippen LogP contribution in [0.15, 0.2) is 42.6 Å². The average molecular weight is 259 g/mol. The molecular weight excluding hydrogens is 241 g/mol. The van der Waals surface area contributed by atoms with Crippen LogP contribution in [0, 0.1) is 5.82 Å². The molecule has 0 amide bonds. The van der Waals surface area contributed by atoms with Gasteiger partial charge < -0.3 is 4.74 Å². The van der Waals surface area contributed by atoms with Crippen LogP contribution >= 0.6 is 0 Å². The van der Waals surface area contributed by atoms with Gasteiger partial charge >= 0.3 is 0 Å². The molecule has 19 heavy (non-hydrogen) atoms. The molecule has 0 radical (unpaired) electrons. The number of hydrogen-bond donors (Lipinski definition) is 0. The molecule has 0 aliphatic rings. The van der Waals surface area contributed by atoms with Crippen LogP contribution in [0.5, 0.6) is 5.75 Å². The molecule has 1 heterocycles. The quantitative estimate of drug-likeness (QED) is 0.828. The van der Waals surface area contributed by atoms with Gasteiger partial charge in [-0.2, -0.15) is 0 Å². The summed E-state index contributed by atoms with van der Waals surface area (Å²) in [7, 11) is 0. The topological polar surface area (TPSA) is 22.1 Å². The van der Waals surface area contributed by atoms with Gasteiger partial charge in [0.1, 0.15) is 18.2 Å². The summed E-state index contributed by atoms with van der Waals surface area (Å²) in [4.78, 5) is 4.15. The summed E-state index contributed by atoms with van der Waals surface area (Å²) >= 11 is 0. The molecule has 1 aromatic carbocycles. The third-order valence-electron chi connectivity index (χ3n) is 2.86. The average Bonchev–Trinajstić information content (AvgIpc) is 2.36. The zero-order chi connectivity index (χ0) is 13.9. The fraction of sp³-hybridized carbons (Fsp3) is 0.312. The van der Waals surface area contributed by atoms with Gasteiger partial charge in [0.2, 0.25) is 0 Å². The van der Waals surface area contributed by atoms with Crippen LogP contribution in [0.2, 0.25) is 0 Å². The van der Waals surface area contributed by atoms with Gasteiger partial charge in [0, 0.05) is 12.3 Å². The summed E-state index contributed by atoms with van der Waals surface area (Å²) in [5, 5.41) is 0. The minimum atomic E-state index is -0.231. The number of benzene rings is 1. The Bertz CT molecular complexity index is 546. The largest absolute Gasteiger partial charge is 0.487 e. The molecule has 0 spiro atoms. The minimum Gasteiger partial charge on any atom is -0.487 e. The maximum atomic E-state index is 14.0. The number of ether oxygens (including phenoxy) is 1. The Labute approximate surface area is 113 Å². The highest BCUT2D eigenvalue weighted by atomic mass is 19.1. The van der Waals surface area contributed by atoms with E-state index in [1.807, 2.05) is 39.0 Å². The fourth-order valence-corrected chi connectivity index (χ4v) is 1.83. The molecule has 2 rings (SSSR count). The van der Waals surface area contributed by atoms with Crippen molar-refractivity contribution in [3.63, 3.8) is 0 Å². The van der Waals surface area contributed by atoms with Crippen molar-refractivity contribution < 1.29 is 9.13 Å². The third-order valence-corrected chi connectivity index (χ3v) is 2.86. The van der Waals surface area contributed by atoms with Crippen LogP contribution in [0.4, 0.5) is 4.39 Å². The summed E-state index contributed by atoms with van der Waals surface area (Å²) in [5.41, 5.74) is 1.31. The lowest BCUT2D eigenvalue weighted by Crippen LogP contribution is -2.13. The van der Waals surface area contributed by atoms with E-state index in [-0.39, 0.29) is 11.2 Å². The van der Waals surface area contributed by atoms with E-state index in [4.69, 9.17) is 4.74 Å². The zero-order valence-corrected chi connectivity index (χ0v) is 11.5. The Morgan fingerprint density at radius 1 is 1.16 bits per heavy atom. The monoisotopic (exact) mass is 259 g/mol. The van der Waals surface area contributed by atoms with Gasteiger partial charge in [0.25, 0.3) is 0 Å². The summed E-state index contributed by atoms with van der Waals surface area (Å²) in [6.45, 7) is 6.30. The van der Waals surface area contributed by atoms with Gasteiger partial charge in [0.05, 0.1) is 5.69 Å². The van der Waals surface area contributed by atoms with Crippen LogP contribution in [0.1, 0.15) is 32.0 Å². The van der Waals surface area contributed by atoms with E-state index in [2.05, 4.69) is 4.98 Å². The van der Waals surface area contributed by atoms with Crippen molar-refractivity contribution in [2.24, 2.45) is 0 Å². The van der Waals surface area contributed by atoms with Gasteiger partial charge in [-0.15, -0.1) is 0 Å². The van der Waals surface area contributed by atoms with E-state index >= 15 is 0 Å². The second-order valence-electron chi connectivity index (χ2n) is 5.50. The lowest BCUT2D eigenvalue weighted by molar-refractivity contribution is 0.299. The highest BCUT2D eigenvalue weighted by molar-refractivity contribution is 5.32. The van der Waals surface area contributed by atoms with E-state index in [0.29, 0.717) is 17.9 Å². The highest BCUT2D eigenvalue weighted by Gasteiger charge is 2.18. The normalized spacial score (nSPS) is 11.4. The molecule has 0 N–H and O–H groups in total. The molecule has 0 unspecified atom stereocenters. The zero-order valence-electron chi connectivity index (χ0n) is 11.5. The molecule has 0 atom stereocenters. The summed E-state index contributed by atoms with van der Waals surface area (Å²) in [6, 6.07) is 10.6. The smallest absolute Gasteiger partial charge is 0.130 e. The SMILES string of the molecule is CC(C)(C)c1ccc(OCc2ccccn2)cc1F. The summed E-state index contributed by atoms with van der Waals surface area (Å²) in [6.07, 6.45) is 1.71. The van der Waals surface area contributed by atoms with E-state index in [1.54, 1.807) is 18.3 Å². The van der Waals surface area contributed by atoms with Crippen molar-refractivity contribution >= 4 is 0 Å². The number of pyridine rings is 1. The lowest BCUT2D eigenvalue weighted by atomic mass is 9.87. The molecule has 0 bridgehead atoms. The first-order valence-electron chi connectivity index (χ1n) is 6.29. The first-order chi connectivity index (χ1) is 8.97. The third kappa shape index (κ3) is 3.53. The Hall–Kier alpha value is -1.90. The van der Waals surface area contributed by atoms with Crippen molar-refractivity contribution in [1.29, 1.82) is 0 Å².